The number of aliphatic imine (C=N–C) groups is 1. The fourth-order valence-electron chi connectivity index (χ4n) is 5.22. The van der Waals surface area contributed by atoms with Gasteiger partial charge in [-0.1, -0.05) is 24.8 Å². The zero-order valence-corrected chi connectivity index (χ0v) is 15.4. The van der Waals surface area contributed by atoms with Crippen molar-refractivity contribution >= 4 is 23.1 Å². The van der Waals surface area contributed by atoms with Crippen LogP contribution in [0.2, 0.25) is 0 Å². The molecule has 0 atom stereocenters. The van der Waals surface area contributed by atoms with E-state index in [2.05, 4.69) is 30.2 Å². The molecule has 0 aromatic rings. The van der Waals surface area contributed by atoms with Crippen LogP contribution < -0.4 is 5.32 Å². The molecule has 0 aliphatic heterocycles. The second-order valence-electron chi connectivity index (χ2n) is 7.83. The number of hydrogen-bond acceptors (Lipinski definition) is 3. The maximum atomic E-state index is 7.85. The Labute approximate surface area is 145 Å². The first-order valence-corrected chi connectivity index (χ1v) is 10.3. The van der Waals surface area contributed by atoms with E-state index in [4.69, 9.17) is 5.41 Å². The van der Waals surface area contributed by atoms with E-state index < -0.39 is 0 Å². The van der Waals surface area contributed by atoms with Crippen molar-refractivity contribution in [3.8, 4) is 0 Å². The summed E-state index contributed by atoms with van der Waals surface area (Å²) in [5.41, 5.74) is 1.61. The van der Waals surface area contributed by atoms with Gasteiger partial charge in [0, 0.05) is 24.1 Å². The van der Waals surface area contributed by atoms with E-state index in [-0.39, 0.29) is 0 Å². The molecule has 4 bridgehead atoms. The molecule has 0 aromatic heterocycles. The minimum absolute atomic E-state index is 0.404. The molecule has 4 aliphatic rings. The van der Waals surface area contributed by atoms with Crippen molar-refractivity contribution in [2.75, 3.05) is 12.3 Å². The Morgan fingerprint density at radius 3 is 2.35 bits per heavy atom. The third-order valence-corrected chi connectivity index (χ3v) is 6.86. The highest BCUT2D eigenvalue weighted by atomic mass is 32.2. The molecule has 4 fully saturated rings. The van der Waals surface area contributed by atoms with Crippen molar-refractivity contribution in [2.45, 2.75) is 64.3 Å². The Kier molecular flexibility index (Phi) is 5.63. The molecule has 0 aromatic carbocycles. The summed E-state index contributed by atoms with van der Waals surface area (Å²) in [7, 11) is 0. The first-order valence-electron chi connectivity index (χ1n) is 9.28. The lowest BCUT2D eigenvalue weighted by Gasteiger charge is -2.57. The molecule has 3 nitrogen and oxygen atoms in total. The summed E-state index contributed by atoms with van der Waals surface area (Å²) < 4.78 is 0. The molecule has 0 spiro atoms. The quantitative estimate of drug-likeness (QED) is 0.549. The number of nitrogens with one attached hydrogen (secondary N) is 2. The molecule has 0 heterocycles. The fourth-order valence-corrected chi connectivity index (χ4v) is 5.74. The van der Waals surface area contributed by atoms with Crippen LogP contribution in [0, 0.1) is 23.2 Å². The Bertz CT molecular complexity index is 460. The summed E-state index contributed by atoms with van der Waals surface area (Å²) >= 11 is 1.53. The van der Waals surface area contributed by atoms with Gasteiger partial charge in [-0.3, -0.25) is 5.41 Å². The van der Waals surface area contributed by atoms with Gasteiger partial charge in [0.05, 0.1) is 0 Å². The summed E-state index contributed by atoms with van der Waals surface area (Å²) in [6, 6.07) is 0. The monoisotopic (exact) mass is 333 g/mol. The maximum absolute atomic E-state index is 7.85. The lowest BCUT2D eigenvalue weighted by Crippen LogP contribution is -2.58. The molecule has 23 heavy (non-hydrogen) atoms. The topological polar surface area (TPSA) is 48.2 Å². The SMILES string of the molecule is C/C=C(\C=NC(=N)SCCC)CNC12CC3CC(CC(C3)C1)C2. The highest BCUT2D eigenvalue weighted by molar-refractivity contribution is 8.13. The minimum atomic E-state index is 0.404. The Balaban J connectivity index is 1.52. The van der Waals surface area contributed by atoms with Crippen molar-refractivity contribution in [3.05, 3.63) is 11.6 Å². The number of thioether (sulfide) groups is 1. The van der Waals surface area contributed by atoms with E-state index in [1.165, 1.54) is 55.9 Å². The van der Waals surface area contributed by atoms with Crippen molar-refractivity contribution in [1.82, 2.24) is 5.32 Å². The molecule has 4 heteroatoms. The van der Waals surface area contributed by atoms with Crippen LogP contribution in [0.3, 0.4) is 0 Å². The molecular weight excluding hydrogens is 302 g/mol. The van der Waals surface area contributed by atoms with E-state index in [0.717, 1.165) is 36.5 Å². The highest BCUT2D eigenvalue weighted by Crippen LogP contribution is 2.55. The van der Waals surface area contributed by atoms with Crippen LogP contribution in [0.5, 0.6) is 0 Å². The molecule has 2 N–H and O–H groups in total. The average Bonchev–Trinajstić information content (AvgIpc) is 2.51. The van der Waals surface area contributed by atoms with Crippen molar-refractivity contribution in [2.24, 2.45) is 22.7 Å². The number of hydrogen-bond donors (Lipinski definition) is 2. The number of allylic oxidation sites excluding steroid dienone is 1. The van der Waals surface area contributed by atoms with Gasteiger partial charge in [0.25, 0.3) is 0 Å². The smallest absolute Gasteiger partial charge is 0.180 e. The molecule has 0 unspecified atom stereocenters. The van der Waals surface area contributed by atoms with Crippen LogP contribution in [0.15, 0.2) is 16.6 Å². The van der Waals surface area contributed by atoms with Gasteiger partial charge < -0.3 is 5.32 Å². The number of nitrogens with zero attached hydrogens (tertiary/aromatic N) is 1. The number of rotatable bonds is 6. The van der Waals surface area contributed by atoms with Gasteiger partial charge in [-0.25, -0.2) is 4.99 Å². The van der Waals surface area contributed by atoms with Gasteiger partial charge in [0.15, 0.2) is 5.17 Å². The molecule has 4 aliphatic carbocycles. The van der Waals surface area contributed by atoms with Crippen LogP contribution >= 0.6 is 11.8 Å². The zero-order chi connectivity index (χ0) is 16.3. The third kappa shape index (κ3) is 4.27. The normalized spacial score (nSPS) is 36.1. The molecule has 4 rings (SSSR count). The lowest BCUT2D eigenvalue weighted by atomic mass is 9.53. The Hall–Kier alpha value is -0.610. The van der Waals surface area contributed by atoms with Crippen molar-refractivity contribution in [3.63, 3.8) is 0 Å². The molecule has 0 amide bonds. The van der Waals surface area contributed by atoms with Gasteiger partial charge in [-0.05, 0) is 75.2 Å². The molecule has 4 saturated carbocycles. The molecule has 128 valence electrons. The van der Waals surface area contributed by atoms with E-state index in [0.29, 0.717) is 10.7 Å². The summed E-state index contributed by atoms with van der Waals surface area (Å²) in [6.45, 7) is 5.11. The van der Waals surface area contributed by atoms with E-state index in [1.807, 2.05) is 6.21 Å². The van der Waals surface area contributed by atoms with Gasteiger partial charge in [0.2, 0.25) is 0 Å². The molecular formula is C19H31N3S. The summed E-state index contributed by atoms with van der Waals surface area (Å²) in [6.07, 6.45) is 13.7. The first-order chi connectivity index (χ1) is 11.1. The second-order valence-corrected chi connectivity index (χ2v) is 8.91. The van der Waals surface area contributed by atoms with Crippen LogP contribution in [-0.2, 0) is 0 Å². The van der Waals surface area contributed by atoms with Crippen LogP contribution in [-0.4, -0.2) is 29.2 Å². The summed E-state index contributed by atoms with van der Waals surface area (Å²) in [4.78, 5) is 4.31. The molecule has 0 radical (unpaired) electrons. The average molecular weight is 334 g/mol. The van der Waals surface area contributed by atoms with Gasteiger partial charge in [-0.15, -0.1) is 0 Å². The second kappa shape index (κ2) is 7.52. The zero-order valence-electron chi connectivity index (χ0n) is 14.6. The van der Waals surface area contributed by atoms with Crippen LogP contribution in [0.25, 0.3) is 0 Å². The van der Waals surface area contributed by atoms with Gasteiger partial charge in [-0.2, -0.15) is 0 Å². The predicted octanol–water partition coefficient (Wildman–Crippen LogP) is 4.64. The lowest BCUT2D eigenvalue weighted by molar-refractivity contribution is -0.0180. The van der Waals surface area contributed by atoms with Gasteiger partial charge in [0.1, 0.15) is 0 Å². The Morgan fingerprint density at radius 2 is 1.83 bits per heavy atom. The highest BCUT2D eigenvalue weighted by Gasteiger charge is 2.50. The minimum Gasteiger partial charge on any atom is -0.307 e. The first kappa shape index (κ1) is 17.2. The maximum Gasteiger partial charge on any atom is 0.180 e. The van der Waals surface area contributed by atoms with E-state index >= 15 is 0 Å². The van der Waals surface area contributed by atoms with Crippen molar-refractivity contribution < 1.29 is 0 Å². The fraction of sp³-hybridized carbons (Fsp3) is 0.789. The largest absolute Gasteiger partial charge is 0.307 e. The van der Waals surface area contributed by atoms with E-state index in [1.54, 1.807) is 0 Å². The van der Waals surface area contributed by atoms with Crippen molar-refractivity contribution in [1.29, 1.82) is 5.41 Å². The Morgan fingerprint density at radius 1 is 1.22 bits per heavy atom. The summed E-state index contributed by atoms with van der Waals surface area (Å²) in [5, 5.41) is 12.2. The summed E-state index contributed by atoms with van der Waals surface area (Å²) in [5.74, 6) is 3.92. The standard InChI is InChI=1S/C19H31N3S/c1-3-5-23-18(20)21-12-14(4-2)13-22-19-9-15-6-16(10-19)8-17(7-15)11-19/h4,12,15-17,20,22H,3,5-11,13H2,1-2H3/b14-4+,20-18?,21-12?. The predicted molar refractivity (Wildman–Crippen MR) is 102 cm³/mol. The van der Waals surface area contributed by atoms with Crippen LogP contribution in [0.1, 0.15) is 58.8 Å². The van der Waals surface area contributed by atoms with Crippen LogP contribution in [0.4, 0.5) is 0 Å². The molecule has 0 saturated heterocycles. The van der Waals surface area contributed by atoms with E-state index in [9.17, 15) is 0 Å². The number of amidine groups is 1. The van der Waals surface area contributed by atoms with Gasteiger partial charge >= 0.3 is 0 Å². The third-order valence-electron chi connectivity index (χ3n) is 5.87.